The summed E-state index contributed by atoms with van der Waals surface area (Å²) in [6, 6.07) is 13.0. The number of rotatable bonds is 0. The molecule has 21 heavy (non-hydrogen) atoms. The summed E-state index contributed by atoms with van der Waals surface area (Å²) >= 11 is 7.74. The molecule has 2 N–H and O–H groups in total. The molecule has 0 saturated heterocycles. The lowest BCUT2D eigenvalue weighted by Gasteiger charge is -2.12. The van der Waals surface area contributed by atoms with Crippen LogP contribution in [0.25, 0.3) is 31.6 Å². The molecule has 2 aromatic rings. The predicted octanol–water partition coefficient (Wildman–Crippen LogP) is 4.15. The summed E-state index contributed by atoms with van der Waals surface area (Å²) in [7, 11) is 0. The number of anilines is 1. The summed E-state index contributed by atoms with van der Waals surface area (Å²) < 4.78 is 0.986. The number of halogens is 1. The van der Waals surface area contributed by atoms with Gasteiger partial charge in [0.05, 0.1) is 20.8 Å². The van der Waals surface area contributed by atoms with Crippen molar-refractivity contribution in [3.63, 3.8) is 0 Å². The van der Waals surface area contributed by atoms with Crippen molar-refractivity contribution in [1.82, 2.24) is 4.98 Å². The number of fused-ring (bicyclic) bond motifs is 4. The van der Waals surface area contributed by atoms with Gasteiger partial charge >= 0.3 is 0 Å². The number of hydrogen-bond acceptors (Lipinski definition) is 4. The van der Waals surface area contributed by atoms with Crippen molar-refractivity contribution in [2.45, 2.75) is 0 Å². The highest BCUT2D eigenvalue weighted by Gasteiger charge is 2.20. The lowest BCUT2D eigenvalue weighted by atomic mass is 10.0. The third-order valence-electron chi connectivity index (χ3n) is 3.50. The Morgan fingerprint density at radius 1 is 1.10 bits per heavy atom. The van der Waals surface area contributed by atoms with Gasteiger partial charge in [0.25, 0.3) is 0 Å². The predicted molar refractivity (Wildman–Crippen MR) is 89.4 cm³/mol. The van der Waals surface area contributed by atoms with Crippen LogP contribution in [-0.2, 0) is 0 Å². The van der Waals surface area contributed by atoms with Crippen LogP contribution in [0.5, 0.6) is 0 Å². The third-order valence-corrected chi connectivity index (χ3v) is 5.14. The first-order chi connectivity index (χ1) is 10.2. The molecule has 1 aliphatic carbocycles. The number of nitrogen functional groups attached to an aromatic ring is 1. The van der Waals surface area contributed by atoms with Gasteiger partial charge in [-0.25, -0.2) is 4.98 Å². The van der Waals surface area contributed by atoms with Crippen LogP contribution in [0.1, 0.15) is 0 Å². The van der Waals surface area contributed by atoms with Crippen molar-refractivity contribution in [2.75, 3.05) is 5.73 Å². The van der Waals surface area contributed by atoms with Gasteiger partial charge in [-0.3, -0.25) is 4.79 Å². The molecule has 0 radical (unpaired) electrons. The summed E-state index contributed by atoms with van der Waals surface area (Å²) in [5, 5.41) is 1.41. The summed E-state index contributed by atoms with van der Waals surface area (Å²) in [5.41, 5.74) is 7.98. The number of benzene rings is 3. The molecule has 2 aliphatic rings. The molecule has 0 atom stereocenters. The van der Waals surface area contributed by atoms with Crippen LogP contribution in [0.2, 0.25) is 5.02 Å². The Hall–Kier alpha value is -2.17. The smallest absolute Gasteiger partial charge is 0.206 e. The van der Waals surface area contributed by atoms with Crippen LogP contribution in [0.4, 0.5) is 5.69 Å². The summed E-state index contributed by atoms with van der Waals surface area (Å²) in [6.45, 7) is 0. The minimum Gasteiger partial charge on any atom is -0.398 e. The standard InChI is InChI=1S/C16H9ClN2OS/c17-13-15(20)8-4-3-5-9(18)12(8)14-16(13)21-11-7-2-1-6-10(11)19-14/h1-7H,18H2. The van der Waals surface area contributed by atoms with E-state index in [2.05, 4.69) is 4.98 Å². The van der Waals surface area contributed by atoms with Crippen molar-refractivity contribution in [3.05, 3.63) is 57.7 Å². The molecule has 0 amide bonds. The van der Waals surface area contributed by atoms with Crippen LogP contribution in [0.15, 0.2) is 47.3 Å². The van der Waals surface area contributed by atoms with Crippen LogP contribution in [0, 0.1) is 0 Å². The number of para-hydroxylation sites is 1. The zero-order valence-electron chi connectivity index (χ0n) is 10.8. The molecular weight excluding hydrogens is 304 g/mol. The molecule has 1 aliphatic heterocycles. The fourth-order valence-electron chi connectivity index (χ4n) is 2.53. The molecule has 1 heterocycles. The lowest BCUT2D eigenvalue weighted by molar-refractivity contribution is 1.44. The Labute approximate surface area is 129 Å². The second-order valence-electron chi connectivity index (χ2n) is 4.77. The molecule has 102 valence electrons. The quantitative estimate of drug-likeness (QED) is 0.301. The second-order valence-corrected chi connectivity index (χ2v) is 6.20. The highest BCUT2D eigenvalue weighted by molar-refractivity contribution is 7.22. The number of hydrogen-bond donors (Lipinski definition) is 1. The van der Waals surface area contributed by atoms with E-state index in [0.29, 0.717) is 27.0 Å². The number of nitrogens with two attached hydrogens (primary N) is 1. The zero-order chi connectivity index (χ0) is 14.6. The Morgan fingerprint density at radius 2 is 1.90 bits per heavy atom. The third kappa shape index (κ3) is 1.73. The Bertz CT molecular complexity index is 1040. The van der Waals surface area contributed by atoms with Gasteiger partial charge in [0.2, 0.25) is 5.43 Å². The topological polar surface area (TPSA) is 56.0 Å². The van der Waals surface area contributed by atoms with Gasteiger partial charge < -0.3 is 5.73 Å². The van der Waals surface area contributed by atoms with Crippen molar-refractivity contribution < 1.29 is 0 Å². The van der Waals surface area contributed by atoms with Gasteiger partial charge in [-0.05, 0) is 18.2 Å². The van der Waals surface area contributed by atoms with Crippen LogP contribution >= 0.6 is 22.9 Å². The second kappa shape index (κ2) is 4.41. The molecule has 4 rings (SSSR count). The molecule has 3 nitrogen and oxygen atoms in total. The van der Waals surface area contributed by atoms with E-state index < -0.39 is 0 Å². The van der Waals surface area contributed by atoms with Gasteiger partial charge in [0, 0.05) is 16.5 Å². The van der Waals surface area contributed by atoms with Gasteiger partial charge in [0.1, 0.15) is 5.02 Å². The van der Waals surface area contributed by atoms with Gasteiger partial charge in [-0.1, -0.05) is 35.9 Å². The number of aromatic nitrogens is 1. The van der Waals surface area contributed by atoms with E-state index in [4.69, 9.17) is 17.3 Å². The normalized spacial score (nSPS) is 11.5. The first-order valence-electron chi connectivity index (χ1n) is 6.36. The van der Waals surface area contributed by atoms with Crippen LogP contribution < -0.4 is 11.2 Å². The van der Waals surface area contributed by atoms with E-state index in [1.54, 1.807) is 18.2 Å². The molecule has 0 saturated carbocycles. The van der Waals surface area contributed by atoms with Crippen LogP contribution in [0.3, 0.4) is 0 Å². The summed E-state index contributed by atoms with van der Waals surface area (Å²) in [5.74, 6) is 0. The minimum atomic E-state index is -0.195. The molecular formula is C16H9ClN2OS. The fourth-order valence-corrected chi connectivity index (χ4v) is 3.85. The lowest BCUT2D eigenvalue weighted by Crippen LogP contribution is -2.07. The van der Waals surface area contributed by atoms with E-state index in [1.807, 2.05) is 24.3 Å². The van der Waals surface area contributed by atoms with Crippen molar-refractivity contribution in [1.29, 1.82) is 0 Å². The zero-order valence-corrected chi connectivity index (χ0v) is 12.3. The average molecular weight is 313 g/mol. The van der Waals surface area contributed by atoms with Gasteiger partial charge in [0.15, 0.2) is 0 Å². The monoisotopic (exact) mass is 312 g/mol. The molecule has 0 spiro atoms. The van der Waals surface area contributed by atoms with E-state index >= 15 is 0 Å². The fraction of sp³-hybridized carbons (Fsp3) is 0. The first-order valence-corrected chi connectivity index (χ1v) is 7.55. The van der Waals surface area contributed by atoms with Crippen LogP contribution in [-0.4, -0.2) is 4.98 Å². The van der Waals surface area contributed by atoms with Crippen molar-refractivity contribution >= 4 is 49.6 Å². The number of nitrogens with zero attached hydrogens (tertiary/aromatic N) is 1. The highest BCUT2D eigenvalue weighted by atomic mass is 35.5. The van der Waals surface area contributed by atoms with E-state index in [9.17, 15) is 4.79 Å². The van der Waals surface area contributed by atoms with Gasteiger partial charge in [-0.15, -0.1) is 11.3 Å². The maximum Gasteiger partial charge on any atom is 0.206 e. The molecule has 0 fully saturated rings. The van der Waals surface area contributed by atoms with E-state index in [0.717, 1.165) is 10.2 Å². The Kier molecular flexibility index (Phi) is 2.64. The molecule has 0 bridgehead atoms. The SMILES string of the molecule is Nc1cccc2c(=O)c(Cl)c3sc4ccccc4nc-3c12. The Balaban J connectivity index is 2.36. The Morgan fingerprint density at radius 3 is 2.76 bits per heavy atom. The first kappa shape index (κ1) is 12.6. The highest BCUT2D eigenvalue weighted by Crippen LogP contribution is 2.40. The largest absolute Gasteiger partial charge is 0.398 e. The molecule has 5 heteroatoms. The molecule has 0 unspecified atom stereocenters. The maximum absolute atomic E-state index is 12.4. The minimum absolute atomic E-state index is 0.195. The maximum atomic E-state index is 12.4. The molecule has 0 aromatic heterocycles. The summed E-state index contributed by atoms with van der Waals surface area (Å²) in [4.78, 5) is 17.8. The van der Waals surface area contributed by atoms with E-state index in [-0.39, 0.29) is 10.5 Å². The van der Waals surface area contributed by atoms with Gasteiger partial charge in [-0.2, -0.15) is 0 Å². The van der Waals surface area contributed by atoms with Crippen molar-refractivity contribution in [2.24, 2.45) is 0 Å². The molecule has 2 aromatic carbocycles. The average Bonchev–Trinajstić information content (AvgIpc) is 2.51. The van der Waals surface area contributed by atoms with Crippen molar-refractivity contribution in [3.8, 4) is 10.6 Å². The van der Waals surface area contributed by atoms with E-state index in [1.165, 1.54) is 11.3 Å². The summed E-state index contributed by atoms with van der Waals surface area (Å²) in [6.07, 6.45) is 0.